The number of rotatable bonds is 5. The standard InChI is InChI=1S/C19H16N2O3/c1-2-17(22)14-8-10-15(11-9-14)19(23)20-18-12-16(21-24-18)13-6-4-3-5-7-13/h3-12H,2H2,1H3,(H,20,23). The second kappa shape index (κ2) is 6.91. The molecule has 0 bridgehead atoms. The smallest absolute Gasteiger partial charge is 0.258 e. The molecule has 0 radical (unpaired) electrons. The molecule has 5 nitrogen and oxygen atoms in total. The Hall–Kier alpha value is -3.21. The summed E-state index contributed by atoms with van der Waals surface area (Å²) >= 11 is 0. The number of hydrogen-bond acceptors (Lipinski definition) is 4. The van der Waals surface area contributed by atoms with Crippen LogP contribution in [0.15, 0.2) is 65.2 Å². The highest BCUT2D eigenvalue weighted by atomic mass is 16.5. The largest absolute Gasteiger partial charge is 0.338 e. The quantitative estimate of drug-likeness (QED) is 0.716. The molecule has 120 valence electrons. The molecule has 2 aromatic carbocycles. The topological polar surface area (TPSA) is 72.2 Å². The highest BCUT2D eigenvalue weighted by Crippen LogP contribution is 2.21. The molecule has 3 rings (SSSR count). The van der Waals surface area contributed by atoms with Crippen LogP contribution in [-0.4, -0.2) is 16.8 Å². The number of ketones is 1. The van der Waals surface area contributed by atoms with Gasteiger partial charge < -0.3 is 4.52 Å². The lowest BCUT2D eigenvalue weighted by Crippen LogP contribution is -2.11. The predicted octanol–water partition coefficient (Wildman–Crippen LogP) is 4.19. The molecule has 0 saturated heterocycles. The number of carbonyl (C=O) groups excluding carboxylic acids is 2. The number of anilines is 1. The molecule has 1 aromatic heterocycles. The van der Waals surface area contributed by atoms with Crippen LogP contribution in [-0.2, 0) is 0 Å². The monoisotopic (exact) mass is 320 g/mol. The summed E-state index contributed by atoms with van der Waals surface area (Å²) in [6, 6.07) is 17.7. The van der Waals surface area contributed by atoms with Gasteiger partial charge in [0, 0.05) is 29.2 Å². The maximum absolute atomic E-state index is 12.2. The van der Waals surface area contributed by atoms with E-state index in [2.05, 4.69) is 10.5 Å². The summed E-state index contributed by atoms with van der Waals surface area (Å²) in [6.45, 7) is 1.80. The molecular weight excluding hydrogens is 304 g/mol. The Morgan fingerprint density at radius 2 is 1.67 bits per heavy atom. The Morgan fingerprint density at radius 1 is 1.00 bits per heavy atom. The Labute approximate surface area is 139 Å². The zero-order chi connectivity index (χ0) is 16.9. The number of benzene rings is 2. The predicted molar refractivity (Wildman–Crippen MR) is 91.0 cm³/mol. The van der Waals surface area contributed by atoms with Gasteiger partial charge in [-0.1, -0.05) is 54.5 Å². The van der Waals surface area contributed by atoms with E-state index < -0.39 is 0 Å². The van der Waals surface area contributed by atoms with Crippen molar-refractivity contribution in [2.24, 2.45) is 0 Å². The van der Waals surface area contributed by atoms with Crippen molar-refractivity contribution >= 4 is 17.6 Å². The normalized spacial score (nSPS) is 10.4. The number of aromatic nitrogens is 1. The highest BCUT2D eigenvalue weighted by molar-refractivity contribution is 6.04. The molecule has 0 fully saturated rings. The van der Waals surface area contributed by atoms with Gasteiger partial charge in [-0.2, -0.15) is 0 Å². The summed E-state index contributed by atoms with van der Waals surface area (Å²) in [6.07, 6.45) is 0.436. The van der Waals surface area contributed by atoms with Crippen molar-refractivity contribution in [1.82, 2.24) is 5.16 Å². The fourth-order valence-electron chi connectivity index (χ4n) is 2.27. The summed E-state index contributed by atoms with van der Waals surface area (Å²) in [7, 11) is 0. The lowest BCUT2D eigenvalue weighted by atomic mass is 10.1. The van der Waals surface area contributed by atoms with E-state index in [1.165, 1.54) is 0 Å². The van der Waals surface area contributed by atoms with E-state index in [1.54, 1.807) is 37.3 Å². The van der Waals surface area contributed by atoms with Crippen molar-refractivity contribution in [1.29, 1.82) is 0 Å². The molecule has 24 heavy (non-hydrogen) atoms. The average Bonchev–Trinajstić information content (AvgIpc) is 3.10. The van der Waals surface area contributed by atoms with Gasteiger partial charge in [-0.25, -0.2) is 0 Å². The van der Waals surface area contributed by atoms with E-state index in [-0.39, 0.29) is 17.6 Å². The van der Waals surface area contributed by atoms with Gasteiger partial charge in [0.25, 0.3) is 5.91 Å². The van der Waals surface area contributed by atoms with Crippen LogP contribution in [0.25, 0.3) is 11.3 Å². The SMILES string of the molecule is CCC(=O)c1ccc(C(=O)Nc2cc(-c3ccccc3)no2)cc1. The maximum Gasteiger partial charge on any atom is 0.258 e. The molecule has 0 saturated carbocycles. The number of carbonyl (C=O) groups is 2. The summed E-state index contributed by atoms with van der Waals surface area (Å²) in [5.41, 5.74) is 2.60. The summed E-state index contributed by atoms with van der Waals surface area (Å²) < 4.78 is 5.15. The van der Waals surface area contributed by atoms with Crippen LogP contribution in [0, 0.1) is 0 Å². The maximum atomic E-state index is 12.2. The average molecular weight is 320 g/mol. The third-order valence-electron chi connectivity index (χ3n) is 3.61. The first-order chi connectivity index (χ1) is 11.7. The van der Waals surface area contributed by atoms with Crippen molar-refractivity contribution in [2.45, 2.75) is 13.3 Å². The van der Waals surface area contributed by atoms with E-state index in [1.807, 2.05) is 30.3 Å². The van der Waals surface area contributed by atoms with Gasteiger partial charge in [0.15, 0.2) is 5.78 Å². The minimum atomic E-state index is -0.318. The Morgan fingerprint density at radius 3 is 2.33 bits per heavy atom. The summed E-state index contributed by atoms with van der Waals surface area (Å²) in [4.78, 5) is 23.8. The van der Waals surface area contributed by atoms with Gasteiger partial charge in [0.2, 0.25) is 5.88 Å². The van der Waals surface area contributed by atoms with Crippen LogP contribution in [0.4, 0.5) is 5.88 Å². The number of Topliss-reactive ketones (excluding diaryl/α,β-unsaturated/α-hetero) is 1. The molecule has 0 aliphatic rings. The third kappa shape index (κ3) is 3.41. The molecule has 0 aliphatic heterocycles. The molecule has 1 heterocycles. The van der Waals surface area contributed by atoms with E-state index in [4.69, 9.17) is 4.52 Å². The second-order valence-electron chi connectivity index (χ2n) is 5.25. The first-order valence-corrected chi connectivity index (χ1v) is 7.64. The van der Waals surface area contributed by atoms with E-state index in [9.17, 15) is 9.59 Å². The molecule has 1 amide bonds. The number of amides is 1. The number of nitrogens with zero attached hydrogens (tertiary/aromatic N) is 1. The molecule has 0 aliphatic carbocycles. The van der Waals surface area contributed by atoms with Crippen LogP contribution >= 0.6 is 0 Å². The van der Waals surface area contributed by atoms with Gasteiger partial charge in [0.1, 0.15) is 5.69 Å². The van der Waals surface area contributed by atoms with Crippen LogP contribution in [0.5, 0.6) is 0 Å². The number of nitrogens with one attached hydrogen (secondary N) is 1. The first-order valence-electron chi connectivity index (χ1n) is 7.64. The van der Waals surface area contributed by atoms with Gasteiger partial charge in [-0.3, -0.25) is 14.9 Å². The zero-order valence-electron chi connectivity index (χ0n) is 13.2. The number of hydrogen-bond donors (Lipinski definition) is 1. The van der Waals surface area contributed by atoms with Crippen LogP contribution in [0.1, 0.15) is 34.1 Å². The third-order valence-corrected chi connectivity index (χ3v) is 3.61. The Bertz CT molecular complexity index is 852. The lowest BCUT2D eigenvalue weighted by molar-refractivity contribution is 0.0984. The van der Waals surface area contributed by atoms with Crippen LogP contribution in [0.3, 0.4) is 0 Å². The van der Waals surface area contributed by atoms with Gasteiger partial charge in [-0.15, -0.1) is 0 Å². The lowest BCUT2D eigenvalue weighted by Gasteiger charge is -2.02. The second-order valence-corrected chi connectivity index (χ2v) is 5.25. The Balaban J connectivity index is 1.71. The molecule has 5 heteroatoms. The molecule has 0 spiro atoms. The van der Waals surface area contributed by atoms with Crippen molar-refractivity contribution < 1.29 is 14.1 Å². The summed E-state index contributed by atoms with van der Waals surface area (Å²) in [5.74, 6) is -0.00137. The van der Waals surface area contributed by atoms with Gasteiger partial charge in [-0.05, 0) is 12.1 Å². The van der Waals surface area contributed by atoms with E-state index in [0.29, 0.717) is 23.2 Å². The molecular formula is C19H16N2O3. The van der Waals surface area contributed by atoms with Gasteiger partial charge >= 0.3 is 0 Å². The van der Waals surface area contributed by atoms with E-state index in [0.717, 1.165) is 5.56 Å². The summed E-state index contributed by atoms with van der Waals surface area (Å²) in [5, 5.41) is 6.61. The molecule has 3 aromatic rings. The first kappa shape index (κ1) is 15.7. The molecule has 1 N–H and O–H groups in total. The van der Waals surface area contributed by atoms with Gasteiger partial charge in [0.05, 0.1) is 0 Å². The van der Waals surface area contributed by atoms with Crippen molar-refractivity contribution in [2.75, 3.05) is 5.32 Å². The van der Waals surface area contributed by atoms with Crippen molar-refractivity contribution in [3.63, 3.8) is 0 Å². The van der Waals surface area contributed by atoms with Crippen LogP contribution < -0.4 is 5.32 Å². The zero-order valence-corrected chi connectivity index (χ0v) is 13.2. The minimum Gasteiger partial charge on any atom is -0.338 e. The molecule has 0 atom stereocenters. The molecule has 0 unspecified atom stereocenters. The highest BCUT2D eigenvalue weighted by Gasteiger charge is 2.12. The fourth-order valence-corrected chi connectivity index (χ4v) is 2.27. The van der Waals surface area contributed by atoms with Crippen molar-refractivity contribution in [3.8, 4) is 11.3 Å². The fraction of sp³-hybridized carbons (Fsp3) is 0.105. The van der Waals surface area contributed by atoms with Crippen molar-refractivity contribution in [3.05, 3.63) is 71.8 Å². The minimum absolute atomic E-state index is 0.0460. The van der Waals surface area contributed by atoms with Crippen LogP contribution in [0.2, 0.25) is 0 Å². The Kier molecular flexibility index (Phi) is 4.52. The van der Waals surface area contributed by atoms with E-state index >= 15 is 0 Å².